The van der Waals surface area contributed by atoms with Crippen molar-refractivity contribution in [1.82, 2.24) is 4.98 Å². The quantitative estimate of drug-likeness (QED) is 0.671. The van der Waals surface area contributed by atoms with Crippen molar-refractivity contribution in [1.29, 1.82) is 0 Å². The van der Waals surface area contributed by atoms with Crippen LogP contribution >= 0.6 is 0 Å². The van der Waals surface area contributed by atoms with Crippen molar-refractivity contribution < 1.29 is 9.50 Å². The van der Waals surface area contributed by atoms with Crippen LogP contribution in [0.5, 0.6) is 0 Å². The van der Waals surface area contributed by atoms with Gasteiger partial charge >= 0.3 is 0 Å². The summed E-state index contributed by atoms with van der Waals surface area (Å²) in [5.41, 5.74) is 7.06. The van der Waals surface area contributed by atoms with Crippen molar-refractivity contribution in [3.05, 3.63) is 29.3 Å². The van der Waals surface area contributed by atoms with Crippen LogP contribution in [-0.4, -0.2) is 16.2 Å². The summed E-state index contributed by atoms with van der Waals surface area (Å²) in [6.07, 6.45) is 0.702. The van der Waals surface area contributed by atoms with Crippen molar-refractivity contribution in [2.75, 3.05) is 0 Å². The summed E-state index contributed by atoms with van der Waals surface area (Å²) >= 11 is 0. The first-order chi connectivity index (χ1) is 6.02. The lowest BCUT2D eigenvalue weighted by atomic mass is 10.0. The summed E-state index contributed by atoms with van der Waals surface area (Å²) in [6.45, 7) is 3.33. The summed E-state index contributed by atoms with van der Waals surface area (Å²) in [6, 6.07) is 0.797. The van der Waals surface area contributed by atoms with E-state index >= 15 is 0 Å². The molecular formula is C9H13FN2O. The van der Waals surface area contributed by atoms with E-state index in [1.54, 1.807) is 13.8 Å². The molecule has 1 rings (SSSR count). The molecule has 4 heteroatoms. The minimum Gasteiger partial charge on any atom is -0.391 e. The fourth-order valence-corrected chi connectivity index (χ4v) is 1.14. The maximum atomic E-state index is 12.6. The Bertz CT molecular complexity index is 302. The number of pyridine rings is 1. The van der Waals surface area contributed by atoms with Gasteiger partial charge in [0.2, 0.25) is 5.95 Å². The number of nitrogens with two attached hydrogens (primary N) is 1. The molecule has 1 heterocycles. The van der Waals surface area contributed by atoms with Crippen molar-refractivity contribution in [3.8, 4) is 0 Å². The maximum absolute atomic E-state index is 12.6. The van der Waals surface area contributed by atoms with Gasteiger partial charge in [-0.25, -0.2) is 4.98 Å². The highest BCUT2D eigenvalue weighted by Gasteiger charge is 2.14. The first-order valence-electron chi connectivity index (χ1n) is 4.08. The van der Waals surface area contributed by atoms with Gasteiger partial charge in [0.25, 0.3) is 0 Å². The van der Waals surface area contributed by atoms with Crippen LogP contribution in [0.4, 0.5) is 4.39 Å². The molecule has 3 nitrogen and oxygen atoms in total. The van der Waals surface area contributed by atoms with Gasteiger partial charge < -0.3 is 10.8 Å². The van der Waals surface area contributed by atoms with Gasteiger partial charge in [0.15, 0.2) is 0 Å². The van der Waals surface area contributed by atoms with Gasteiger partial charge in [-0.05, 0) is 31.0 Å². The lowest BCUT2D eigenvalue weighted by molar-refractivity contribution is 0.164. The highest BCUT2D eigenvalue weighted by molar-refractivity contribution is 5.25. The Morgan fingerprint density at radius 3 is 2.69 bits per heavy atom. The second kappa shape index (κ2) is 3.81. The van der Waals surface area contributed by atoms with Gasteiger partial charge in [-0.1, -0.05) is 0 Å². The standard InChI is InChI=1S/C9H13FN2O/c1-5-3-8(10)12-4-7(5)9(11)6(2)13/h3-4,6,9,13H,11H2,1-2H3. The molecule has 0 fully saturated rings. The normalized spacial score (nSPS) is 15.5. The van der Waals surface area contributed by atoms with Gasteiger partial charge in [0.1, 0.15) is 0 Å². The van der Waals surface area contributed by atoms with Crippen molar-refractivity contribution >= 4 is 0 Å². The Balaban J connectivity index is 3.01. The Morgan fingerprint density at radius 1 is 1.62 bits per heavy atom. The molecule has 0 spiro atoms. The Kier molecular flexibility index (Phi) is 2.95. The zero-order valence-corrected chi connectivity index (χ0v) is 7.66. The highest BCUT2D eigenvalue weighted by atomic mass is 19.1. The van der Waals surface area contributed by atoms with E-state index in [0.29, 0.717) is 11.1 Å². The van der Waals surface area contributed by atoms with Crippen LogP contribution in [0.2, 0.25) is 0 Å². The van der Waals surface area contributed by atoms with Crippen molar-refractivity contribution in [2.45, 2.75) is 26.0 Å². The van der Waals surface area contributed by atoms with E-state index in [2.05, 4.69) is 4.98 Å². The number of halogens is 1. The summed E-state index contributed by atoms with van der Waals surface area (Å²) in [4.78, 5) is 3.49. The molecule has 1 aromatic heterocycles. The van der Waals surface area contributed by atoms with Crippen molar-refractivity contribution in [2.24, 2.45) is 5.73 Å². The Morgan fingerprint density at radius 2 is 2.23 bits per heavy atom. The molecule has 0 saturated heterocycles. The van der Waals surface area contributed by atoms with Crippen LogP contribution < -0.4 is 5.73 Å². The molecule has 2 unspecified atom stereocenters. The second-order valence-electron chi connectivity index (χ2n) is 3.13. The third kappa shape index (κ3) is 2.23. The van der Waals surface area contributed by atoms with Gasteiger partial charge in [0.05, 0.1) is 12.1 Å². The van der Waals surface area contributed by atoms with Crippen LogP contribution in [0, 0.1) is 12.9 Å². The van der Waals surface area contributed by atoms with Crippen molar-refractivity contribution in [3.63, 3.8) is 0 Å². The van der Waals surface area contributed by atoms with Gasteiger partial charge in [0, 0.05) is 6.20 Å². The highest BCUT2D eigenvalue weighted by Crippen LogP contribution is 2.17. The van der Waals surface area contributed by atoms with E-state index in [0.717, 1.165) is 0 Å². The van der Waals surface area contributed by atoms with E-state index in [-0.39, 0.29) is 0 Å². The lowest BCUT2D eigenvalue weighted by Crippen LogP contribution is -2.24. The van der Waals surface area contributed by atoms with E-state index in [1.165, 1.54) is 12.3 Å². The number of hydrogen-bond acceptors (Lipinski definition) is 3. The maximum Gasteiger partial charge on any atom is 0.213 e. The van der Waals surface area contributed by atoms with Crippen LogP contribution in [0.15, 0.2) is 12.3 Å². The third-order valence-corrected chi connectivity index (χ3v) is 2.00. The summed E-state index contributed by atoms with van der Waals surface area (Å²) in [7, 11) is 0. The lowest BCUT2D eigenvalue weighted by Gasteiger charge is -2.16. The monoisotopic (exact) mass is 184 g/mol. The molecule has 0 aliphatic rings. The number of aliphatic hydroxyl groups excluding tert-OH is 1. The molecule has 0 aromatic carbocycles. The number of aliphatic hydroxyl groups is 1. The van der Waals surface area contributed by atoms with Gasteiger partial charge in [-0.3, -0.25) is 0 Å². The zero-order valence-electron chi connectivity index (χ0n) is 7.66. The number of aryl methyl sites for hydroxylation is 1. The largest absolute Gasteiger partial charge is 0.391 e. The SMILES string of the molecule is Cc1cc(F)ncc1C(N)C(C)O. The fraction of sp³-hybridized carbons (Fsp3) is 0.444. The number of aromatic nitrogens is 1. The molecule has 3 N–H and O–H groups in total. The number of hydrogen-bond donors (Lipinski definition) is 2. The van der Waals surface area contributed by atoms with Gasteiger partial charge in [-0.2, -0.15) is 4.39 Å². The third-order valence-electron chi connectivity index (χ3n) is 2.00. The predicted octanol–water partition coefficient (Wildman–Crippen LogP) is 0.910. The molecule has 1 aromatic rings. The molecule has 0 aliphatic heterocycles. The molecular weight excluding hydrogens is 171 g/mol. The van der Waals surface area contributed by atoms with Crippen LogP contribution in [0.3, 0.4) is 0 Å². The Hall–Kier alpha value is -1.00. The van der Waals surface area contributed by atoms with Crippen LogP contribution in [-0.2, 0) is 0 Å². The van der Waals surface area contributed by atoms with E-state index < -0.39 is 18.1 Å². The molecule has 0 saturated carbocycles. The predicted molar refractivity (Wildman–Crippen MR) is 47.5 cm³/mol. The molecule has 0 bridgehead atoms. The molecule has 72 valence electrons. The van der Waals surface area contributed by atoms with E-state index in [4.69, 9.17) is 5.73 Å². The summed E-state index contributed by atoms with van der Waals surface area (Å²) < 4.78 is 12.6. The van der Waals surface area contributed by atoms with Crippen LogP contribution in [0.1, 0.15) is 24.1 Å². The first kappa shape index (κ1) is 10.1. The number of nitrogens with zero attached hydrogens (tertiary/aromatic N) is 1. The van der Waals surface area contributed by atoms with E-state index in [9.17, 15) is 9.50 Å². The van der Waals surface area contributed by atoms with Gasteiger partial charge in [-0.15, -0.1) is 0 Å². The molecule has 2 atom stereocenters. The average Bonchev–Trinajstić information content (AvgIpc) is 2.03. The minimum absolute atomic E-state index is 0.506. The van der Waals surface area contributed by atoms with E-state index in [1.807, 2.05) is 0 Å². The molecule has 0 aliphatic carbocycles. The van der Waals surface area contributed by atoms with Crippen LogP contribution in [0.25, 0.3) is 0 Å². The zero-order chi connectivity index (χ0) is 10.0. The fourth-order valence-electron chi connectivity index (χ4n) is 1.14. The smallest absolute Gasteiger partial charge is 0.213 e. The molecule has 13 heavy (non-hydrogen) atoms. The first-order valence-corrected chi connectivity index (χ1v) is 4.08. The second-order valence-corrected chi connectivity index (χ2v) is 3.13. The molecule has 0 radical (unpaired) electrons. The average molecular weight is 184 g/mol. The number of rotatable bonds is 2. The minimum atomic E-state index is -0.661. The topological polar surface area (TPSA) is 59.1 Å². The Labute approximate surface area is 76.4 Å². The molecule has 0 amide bonds. The summed E-state index contributed by atoms with van der Waals surface area (Å²) in [5.74, 6) is -0.529. The summed E-state index contributed by atoms with van der Waals surface area (Å²) in [5, 5.41) is 9.22.